The lowest BCUT2D eigenvalue weighted by Crippen LogP contribution is -2.41. The van der Waals surface area contributed by atoms with Gasteiger partial charge in [0.2, 0.25) is 11.9 Å². The molecule has 2 aromatic rings. The summed E-state index contributed by atoms with van der Waals surface area (Å²) in [6.45, 7) is 1.94. The summed E-state index contributed by atoms with van der Waals surface area (Å²) in [5.74, 6) is 1.33. The minimum atomic E-state index is 0.464. The summed E-state index contributed by atoms with van der Waals surface area (Å²) in [6.07, 6.45) is 8.91. The summed E-state index contributed by atoms with van der Waals surface area (Å²) in [5, 5.41) is 0. The molecule has 22 heavy (non-hydrogen) atoms. The minimum absolute atomic E-state index is 0.464. The van der Waals surface area contributed by atoms with Gasteiger partial charge in [0, 0.05) is 51.2 Å². The van der Waals surface area contributed by atoms with Gasteiger partial charge in [0.1, 0.15) is 0 Å². The fourth-order valence-electron chi connectivity index (χ4n) is 2.20. The third-order valence-corrected chi connectivity index (χ3v) is 3.57. The molecule has 0 unspecified atom stereocenters. The highest BCUT2D eigenvalue weighted by Crippen LogP contribution is 2.21. The number of hydrogen-bond acceptors (Lipinski definition) is 7. The summed E-state index contributed by atoms with van der Waals surface area (Å²) in [6, 6.07) is 1.80. The number of aromatic nitrogens is 4. The lowest BCUT2D eigenvalue weighted by molar-refractivity contribution is 0.222. The Labute approximate surface area is 136 Å². The normalized spacial score (nSPS) is 14.9. The summed E-state index contributed by atoms with van der Waals surface area (Å²) in [7, 11) is 1.67. The summed E-state index contributed by atoms with van der Waals surface area (Å²) >= 11 is 3.34. The Kier molecular flexibility index (Phi) is 4.59. The molecule has 0 atom stereocenters. The van der Waals surface area contributed by atoms with Crippen LogP contribution in [0.15, 0.2) is 47.2 Å². The number of ether oxygens (including phenoxy) is 1. The molecule has 0 fully saturated rings. The van der Waals surface area contributed by atoms with Crippen LogP contribution in [0.1, 0.15) is 0 Å². The highest BCUT2D eigenvalue weighted by molar-refractivity contribution is 9.10. The third kappa shape index (κ3) is 3.23. The first kappa shape index (κ1) is 14.9. The van der Waals surface area contributed by atoms with E-state index in [9.17, 15) is 0 Å². The Morgan fingerprint density at radius 3 is 2.50 bits per heavy atom. The maximum atomic E-state index is 5.30. The van der Waals surface area contributed by atoms with Crippen molar-refractivity contribution in [3.05, 3.63) is 47.2 Å². The van der Waals surface area contributed by atoms with Crippen LogP contribution in [0.3, 0.4) is 0 Å². The fourth-order valence-corrected chi connectivity index (χ4v) is 2.40. The van der Waals surface area contributed by atoms with E-state index >= 15 is 0 Å². The van der Waals surface area contributed by atoms with E-state index in [1.54, 1.807) is 38.0 Å². The van der Waals surface area contributed by atoms with Crippen LogP contribution in [-0.4, -0.2) is 46.7 Å². The molecule has 0 N–H and O–H groups in total. The van der Waals surface area contributed by atoms with E-state index in [-0.39, 0.29) is 0 Å². The number of anilines is 2. The van der Waals surface area contributed by atoms with E-state index in [4.69, 9.17) is 4.74 Å². The van der Waals surface area contributed by atoms with Gasteiger partial charge >= 0.3 is 0 Å². The van der Waals surface area contributed by atoms with Crippen molar-refractivity contribution >= 4 is 27.8 Å². The molecule has 0 saturated carbocycles. The number of nitrogens with zero attached hydrogens (tertiary/aromatic N) is 6. The van der Waals surface area contributed by atoms with Crippen molar-refractivity contribution in [1.82, 2.24) is 19.9 Å². The second-order valence-corrected chi connectivity index (χ2v) is 5.56. The molecule has 8 heteroatoms. The van der Waals surface area contributed by atoms with Gasteiger partial charge in [0.15, 0.2) is 0 Å². The lowest BCUT2D eigenvalue weighted by atomic mass is 10.3. The molecule has 0 bridgehead atoms. The van der Waals surface area contributed by atoms with Gasteiger partial charge in [0.25, 0.3) is 0 Å². The second-order valence-electron chi connectivity index (χ2n) is 4.65. The molecular formula is C14H15BrN6O. The second kappa shape index (κ2) is 6.80. The summed E-state index contributed by atoms with van der Waals surface area (Å²) in [4.78, 5) is 21.3. The van der Waals surface area contributed by atoms with E-state index < -0.39 is 0 Å². The highest BCUT2D eigenvalue weighted by atomic mass is 79.9. The standard InChI is InChI=1S/C14H15BrN6O/c1-22-10-12-9-20(13-18-7-11(15)8-19-13)5-6-21(12)14-16-3-2-4-17-14/h2-4,7-9H,5-6,10H2,1H3. The van der Waals surface area contributed by atoms with Gasteiger partial charge in [-0.25, -0.2) is 19.9 Å². The first-order chi connectivity index (χ1) is 10.8. The number of methoxy groups -OCH3 is 1. The molecule has 7 nitrogen and oxygen atoms in total. The van der Waals surface area contributed by atoms with E-state index in [1.807, 2.05) is 16.0 Å². The molecule has 114 valence electrons. The zero-order valence-corrected chi connectivity index (χ0v) is 13.6. The van der Waals surface area contributed by atoms with Gasteiger partial charge in [-0.1, -0.05) is 0 Å². The van der Waals surface area contributed by atoms with Crippen LogP contribution in [0.2, 0.25) is 0 Å². The van der Waals surface area contributed by atoms with Gasteiger partial charge in [0.05, 0.1) is 16.8 Å². The van der Waals surface area contributed by atoms with Gasteiger partial charge in [-0.05, 0) is 22.0 Å². The molecule has 0 saturated heterocycles. The predicted molar refractivity (Wildman–Crippen MR) is 86.4 cm³/mol. The smallest absolute Gasteiger partial charge is 0.229 e. The Morgan fingerprint density at radius 1 is 1.09 bits per heavy atom. The average Bonchev–Trinajstić information content (AvgIpc) is 2.57. The van der Waals surface area contributed by atoms with Crippen LogP contribution in [0.5, 0.6) is 0 Å². The zero-order chi connectivity index (χ0) is 15.4. The Balaban J connectivity index is 1.88. The minimum Gasteiger partial charge on any atom is -0.378 e. The Bertz CT molecular complexity index is 648. The van der Waals surface area contributed by atoms with Crippen molar-refractivity contribution in [2.24, 2.45) is 0 Å². The third-order valence-electron chi connectivity index (χ3n) is 3.17. The summed E-state index contributed by atoms with van der Waals surface area (Å²) in [5.41, 5.74) is 0.964. The molecule has 0 aromatic carbocycles. The van der Waals surface area contributed by atoms with E-state index in [2.05, 4.69) is 35.9 Å². The Morgan fingerprint density at radius 2 is 1.82 bits per heavy atom. The molecule has 1 aliphatic rings. The zero-order valence-electron chi connectivity index (χ0n) is 12.1. The van der Waals surface area contributed by atoms with Crippen molar-refractivity contribution in [2.75, 3.05) is 36.6 Å². The van der Waals surface area contributed by atoms with Crippen molar-refractivity contribution in [1.29, 1.82) is 0 Å². The van der Waals surface area contributed by atoms with Crippen LogP contribution in [-0.2, 0) is 4.74 Å². The Hall–Kier alpha value is -2.06. The monoisotopic (exact) mass is 362 g/mol. The van der Waals surface area contributed by atoms with Gasteiger partial charge in [-0.3, -0.25) is 0 Å². The molecule has 0 amide bonds. The molecule has 0 radical (unpaired) electrons. The molecule has 0 aliphatic carbocycles. The largest absolute Gasteiger partial charge is 0.378 e. The lowest BCUT2D eigenvalue weighted by Gasteiger charge is -2.33. The van der Waals surface area contributed by atoms with Crippen LogP contribution in [0.4, 0.5) is 11.9 Å². The SMILES string of the molecule is COCC1=CN(c2ncc(Br)cn2)CCN1c1ncccn1. The van der Waals surface area contributed by atoms with Crippen LogP contribution in [0, 0.1) is 0 Å². The van der Waals surface area contributed by atoms with Gasteiger partial charge in [-0.15, -0.1) is 0 Å². The van der Waals surface area contributed by atoms with E-state index in [0.717, 1.165) is 23.3 Å². The fraction of sp³-hybridized carbons (Fsp3) is 0.286. The summed E-state index contributed by atoms with van der Waals surface area (Å²) < 4.78 is 6.15. The number of rotatable bonds is 4. The van der Waals surface area contributed by atoms with Crippen LogP contribution in [0.25, 0.3) is 0 Å². The van der Waals surface area contributed by atoms with E-state index in [1.165, 1.54) is 0 Å². The van der Waals surface area contributed by atoms with Gasteiger partial charge in [-0.2, -0.15) is 0 Å². The molecule has 3 rings (SSSR count). The van der Waals surface area contributed by atoms with Crippen molar-refractivity contribution < 1.29 is 4.74 Å². The average molecular weight is 363 g/mol. The van der Waals surface area contributed by atoms with Gasteiger partial charge < -0.3 is 14.5 Å². The quantitative estimate of drug-likeness (QED) is 0.821. The molecular weight excluding hydrogens is 348 g/mol. The van der Waals surface area contributed by atoms with Crippen molar-refractivity contribution in [3.8, 4) is 0 Å². The number of hydrogen-bond donors (Lipinski definition) is 0. The van der Waals surface area contributed by atoms with Crippen LogP contribution >= 0.6 is 15.9 Å². The van der Waals surface area contributed by atoms with Crippen molar-refractivity contribution in [2.45, 2.75) is 0 Å². The maximum Gasteiger partial charge on any atom is 0.229 e. The predicted octanol–water partition coefficient (Wildman–Crippen LogP) is 1.84. The van der Waals surface area contributed by atoms with Crippen LogP contribution < -0.4 is 9.80 Å². The molecule has 1 aliphatic heterocycles. The molecule has 2 aromatic heterocycles. The molecule has 0 spiro atoms. The van der Waals surface area contributed by atoms with Crippen molar-refractivity contribution in [3.63, 3.8) is 0 Å². The number of halogens is 1. The van der Waals surface area contributed by atoms with E-state index in [0.29, 0.717) is 18.5 Å². The molecule has 3 heterocycles. The first-order valence-electron chi connectivity index (χ1n) is 6.76. The maximum absolute atomic E-state index is 5.30. The highest BCUT2D eigenvalue weighted by Gasteiger charge is 2.22. The topological polar surface area (TPSA) is 67.3 Å². The first-order valence-corrected chi connectivity index (χ1v) is 7.55.